The molecule has 11 heavy (non-hydrogen) atoms. The van der Waals surface area contributed by atoms with Gasteiger partial charge < -0.3 is 4.74 Å². The second kappa shape index (κ2) is 3.59. The van der Waals surface area contributed by atoms with Gasteiger partial charge in [0.05, 0.1) is 13.2 Å². The van der Waals surface area contributed by atoms with Gasteiger partial charge in [0.1, 0.15) is 11.7 Å². The van der Waals surface area contributed by atoms with Gasteiger partial charge in [0.15, 0.2) is 0 Å². The first-order chi connectivity index (χ1) is 5.36. The summed E-state index contributed by atoms with van der Waals surface area (Å²) in [7, 11) is 1.59. The summed E-state index contributed by atoms with van der Waals surface area (Å²) in [4.78, 5) is 9.86. The smallest absolute Gasteiger partial charge is 0.134 e. The van der Waals surface area contributed by atoms with Crippen LogP contribution in [0.2, 0.25) is 0 Å². The molecule has 1 radical (unpaired) electrons. The normalized spacial score (nSPS) is 8.45. The number of methoxy groups -OCH3 is 1. The van der Waals surface area contributed by atoms with Crippen LogP contribution in [-0.4, -0.2) is 13.1 Å². The van der Waals surface area contributed by atoms with Gasteiger partial charge in [0, 0.05) is 0 Å². The summed E-state index contributed by atoms with van der Waals surface area (Å²) in [5, 5.41) is 0. The van der Waals surface area contributed by atoms with Gasteiger partial charge in [-0.2, -0.15) is 0 Å². The first-order valence-electron chi connectivity index (χ1n) is 3.14. The second-order valence-electron chi connectivity index (χ2n) is 1.96. The van der Waals surface area contributed by atoms with Crippen molar-refractivity contribution >= 4 is 5.94 Å². The number of carbonyl (C=O) groups excluding carboxylic acids is 1. The monoisotopic (exact) mass is 147 g/mol. The van der Waals surface area contributed by atoms with Crippen molar-refractivity contribution in [2.75, 3.05) is 7.11 Å². The topological polar surface area (TPSA) is 26.3 Å². The molecule has 0 aliphatic heterocycles. The number of benzene rings is 1. The van der Waals surface area contributed by atoms with Crippen LogP contribution in [0.5, 0.6) is 5.75 Å². The Morgan fingerprint density at radius 2 is 1.91 bits per heavy atom. The van der Waals surface area contributed by atoms with Gasteiger partial charge in [0.2, 0.25) is 0 Å². The molecule has 0 heterocycles. The van der Waals surface area contributed by atoms with Crippen molar-refractivity contribution in [3.05, 3.63) is 35.9 Å². The summed E-state index contributed by atoms with van der Waals surface area (Å²) < 4.78 is 4.92. The van der Waals surface area contributed by atoms with Crippen LogP contribution in [-0.2, 0) is 4.79 Å². The molecule has 0 aliphatic carbocycles. The lowest BCUT2D eigenvalue weighted by Gasteiger charge is -1.96. The van der Waals surface area contributed by atoms with Crippen LogP contribution in [0, 0.1) is 6.08 Å². The summed E-state index contributed by atoms with van der Waals surface area (Å²) in [5.41, 5.74) is 0.709. The van der Waals surface area contributed by atoms with E-state index in [0.29, 0.717) is 5.56 Å². The minimum Gasteiger partial charge on any atom is -0.497 e. The molecule has 0 aliphatic rings. The summed E-state index contributed by atoms with van der Waals surface area (Å²) in [6, 6.07) is 7.01. The summed E-state index contributed by atoms with van der Waals surface area (Å²) in [6.07, 6.45) is 2.40. The predicted molar refractivity (Wildman–Crippen MR) is 41.0 cm³/mol. The van der Waals surface area contributed by atoms with Crippen molar-refractivity contribution in [1.29, 1.82) is 0 Å². The minimum absolute atomic E-state index is 0.709. The predicted octanol–water partition coefficient (Wildman–Crippen LogP) is 1.23. The van der Waals surface area contributed by atoms with Crippen molar-refractivity contribution in [3.63, 3.8) is 0 Å². The molecular weight excluding hydrogens is 140 g/mol. The van der Waals surface area contributed by atoms with Gasteiger partial charge in [-0.15, -0.1) is 0 Å². The molecule has 0 fully saturated rings. The van der Waals surface area contributed by atoms with Gasteiger partial charge in [-0.25, -0.2) is 4.79 Å². The molecule has 0 saturated carbocycles. The van der Waals surface area contributed by atoms with E-state index in [4.69, 9.17) is 4.74 Å². The van der Waals surface area contributed by atoms with E-state index in [1.165, 1.54) is 0 Å². The average Bonchev–Trinajstić information content (AvgIpc) is 2.07. The quantitative estimate of drug-likeness (QED) is 0.588. The lowest BCUT2D eigenvalue weighted by molar-refractivity contribution is 0.414. The first kappa shape index (κ1) is 7.58. The van der Waals surface area contributed by atoms with Crippen molar-refractivity contribution in [3.8, 4) is 5.75 Å². The Hall–Kier alpha value is -1.53. The molecule has 0 spiro atoms. The van der Waals surface area contributed by atoms with Crippen LogP contribution in [0.15, 0.2) is 24.3 Å². The minimum atomic E-state index is 0.709. The lowest BCUT2D eigenvalue weighted by Crippen LogP contribution is -1.81. The van der Waals surface area contributed by atoms with E-state index in [0.717, 1.165) is 5.75 Å². The van der Waals surface area contributed by atoms with E-state index in [9.17, 15) is 4.79 Å². The van der Waals surface area contributed by atoms with Crippen molar-refractivity contribution < 1.29 is 9.53 Å². The summed E-state index contributed by atoms with van der Waals surface area (Å²) in [6.45, 7) is 0. The molecule has 1 aromatic carbocycles. The number of ether oxygens (including phenoxy) is 1. The second-order valence-corrected chi connectivity index (χ2v) is 1.96. The zero-order chi connectivity index (χ0) is 8.10. The number of hydrogen-bond acceptors (Lipinski definition) is 2. The van der Waals surface area contributed by atoms with Crippen molar-refractivity contribution in [2.45, 2.75) is 0 Å². The molecule has 0 amide bonds. The summed E-state index contributed by atoms with van der Waals surface area (Å²) >= 11 is 0. The largest absolute Gasteiger partial charge is 0.497 e. The lowest BCUT2D eigenvalue weighted by atomic mass is 10.2. The molecule has 2 heteroatoms. The highest BCUT2D eigenvalue weighted by molar-refractivity contribution is 5.49. The molecule has 0 N–H and O–H groups in total. The van der Waals surface area contributed by atoms with E-state index in [1.54, 1.807) is 37.3 Å². The fourth-order valence-corrected chi connectivity index (χ4v) is 0.733. The van der Waals surface area contributed by atoms with Crippen LogP contribution in [0.4, 0.5) is 0 Å². The third-order valence-corrected chi connectivity index (χ3v) is 1.29. The van der Waals surface area contributed by atoms with Crippen molar-refractivity contribution in [1.82, 2.24) is 0 Å². The maximum absolute atomic E-state index is 9.86. The van der Waals surface area contributed by atoms with Crippen LogP contribution >= 0.6 is 0 Å². The van der Waals surface area contributed by atoms with Crippen LogP contribution < -0.4 is 4.74 Å². The van der Waals surface area contributed by atoms with Gasteiger partial charge in [0.25, 0.3) is 0 Å². The van der Waals surface area contributed by atoms with Gasteiger partial charge in [-0.1, -0.05) is 0 Å². The summed E-state index contributed by atoms with van der Waals surface area (Å²) in [5.74, 6) is 2.35. The Morgan fingerprint density at radius 3 is 2.36 bits per heavy atom. The third kappa shape index (κ3) is 1.95. The maximum atomic E-state index is 9.86. The highest BCUT2D eigenvalue weighted by atomic mass is 16.5. The highest BCUT2D eigenvalue weighted by Crippen LogP contribution is 2.10. The molecule has 0 bridgehead atoms. The fourth-order valence-electron chi connectivity index (χ4n) is 0.733. The molecule has 0 aromatic heterocycles. The van der Waals surface area contributed by atoms with Crippen LogP contribution in [0.1, 0.15) is 5.56 Å². The van der Waals surface area contributed by atoms with E-state index >= 15 is 0 Å². The molecule has 1 rings (SSSR count). The zero-order valence-corrected chi connectivity index (χ0v) is 6.13. The molecule has 0 unspecified atom stereocenters. The van der Waals surface area contributed by atoms with Gasteiger partial charge >= 0.3 is 0 Å². The Bertz CT molecular complexity index is 268. The third-order valence-electron chi connectivity index (χ3n) is 1.29. The van der Waals surface area contributed by atoms with E-state index in [-0.39, 0.29) is 0 Å². The van der Waals surface area contributed by atoms with Gasteiger partial charge in [-0.05, 0) is 29.8 Å². The molecule has 0 saturated heterocycles. The molecule has 1 aromatic rings. The first-order valence-corrected chi connectivity index (χ1v) is 3.14. The Kier molecular flexibility index (Phi) is 2.47. The Labute approximate surface area is 65.1 Å². The van der Waals surface area contributed by atoms with E-state index < -0.39 is 0 Å². The highest BCUT2D eigenvalue weighted by Gasteiger charge is 1.89. The molecule has 55 valence electrons. The number of rotatable bonds is 2. The zero-order valence-electron chi connectivity index (χ0n) is 6.13. The Morgan fingerprint density at radius 1 is 1.27 bits per heavy atom. The number of hydrogen-bond donors (Lipinski definition) is 0. The van der Waals surface area contributed by atoms with E-state index in [2.05, 4.69) is 6.08 Å². The molecule has 0 atom stereocenters. The average molecular weight is 147 g/mol. The maximum Gasteiger partial charge on any atom is 0.134 e. The molecule has 2 nitrogen and oxygen atoms in total. The van der Waals surface area contributed by atoms with Crippen LogP contribution in [0.3, 0.4) is 0 Å². The van der Waals surface area contributed by atoms with Crippen LogP contribution in [0.25, 0.3) is 0 Å². The SMILES string of the molecule is COc1ccc([C]=C=O)cc1. The molecular formula is C9H7O2. The standard InChI is InChI=1S/C9H7O2/c1-11-9-4-2-8(3-5-9)6-7-10/h2-5H,1H3. The Balaban J connectivity index is 2.91. The fraction of sp³-hybridized carbons (Fsp3) is 0.111. The van der Waals surface area contributed by atoms with Crippen molar-refractivity contribution in [2.24, 2.45) is 0 Å². The van der Waals surface area contributed by atoms with Gasteiger partial charge in [-0.3, -0.25) is 0 Å². The van der Waals surface area contributed by atoms with E-state index in [1.807, 2.05) is 0 Å².